The molecule has 1 saturated carbocycles. The Morgan fingerprint density at radius 1 is 1.22 bits per heavy atom. The van der Waals surface area contributed by atoms with Crippen LogP contribution in [0.25, 0.3) is 0 Å². The zero-order chi connectivity index (χ0) is 7.28. The third-order valence-electron chi connectivity index (χ3n) is 1.93. The van der Waals surface area contributed by atoms with Crippen LogP contribution in [0.15, 0.2) is 0 Å². The fourth-order valence-electron chi connectivity index (χ4n) is 1.17. The largest absolute Gasteiger partial charge is 0.134 e. The van der Waals surface area contributed by atoms with Gasteiger partial charge < -0.3 is 0 Å². The Hall–Kier alpha value is 0.430. The molecular formula is C8H19P. The summed E-state index contributed by atoms with van der Waals surface area (Å²) < 4.78 is 0. The van der Waals surface area contributed by atoms with Crippen molar-refractivity contribution >= 4 is 9.24 Å². The van der Waals surface area contributed by atoms with Gasteiger partial charge in [0.1, 0.15) is 0 Å². The van der Waals surface area contributed by atoms with Gasteiger partial charge in [-0.2, -0.15) is 0 Å². The van der Waals surface area contributed by atoms with E-state index < -0.39 is 0 Å². The van der Waals surface area contributed by atoms with Gasteiger partial charge in [0.05, 0.1) is 0 Å². The van der Waals surface area contributed by atoms with Crippen molar-refractivity contribution in [3.63, 3.8) is 0 Å². The minimum atomic E-state index is 0.931. The molecule has 3 unspecified atom stereocenters. The first-order chi connectivity index (χ1) is 4.30. The molecule has 3 atom stereocenters. The Morgan fingerprint density at radius 2 is 1.78 bits per heavy atom. The average molecular weight is 146 g/mol. The van der Waals surface area contributed by atoms with Crippen molar-refractivity contribution in [1.82, 2.24) is 0 Å². The lowest BCUT2D eigenvalue weighted by Gasteiger charge is -2.04. The van der Waals surface area contributed by atoms with Crippen LogP contribution in [0.2, 0.25) is 0 Å². The molecule has 1 aliphatic rings. The predicted molar refractivity (Wildman–Crippen MR) is 47.9 cm³/mol. The first kappa shape index (κ1) is 9.43. The second-order valence-electron chi connectivity index (χ2n) is 2.57. The van der Waals surface area contributed by atoms with Crippen molar-refractivity contribution in [2.75, 3.05) is 0 Å². The molecule has 0 aromatic rings. The van der Waals surface area contributed by atoms with Crippen molar-refractivity contribution in [2.45, 2.75) is 45.7 Å². The summed E-state index contributed by atoms with van der Waals surface area (Å²) in [7, 11) is 2.91. The van der Waals surface area contributed by atoms with Gasteiger partial charge in [-0.15, -0.1) is 9.24 Å². The van der Waals surface area contributed by atoms with Crippen LogP contribution in [-0.4, -0.2) is 5.66 Å². The highest BCUT2D eigenvalue weighted by Gasteiger charge is 2.17. The fourth-order valence-corrected chi connectivity index (χ4v) is 1.60. The monoisotopic (exact) mass is 146 g/mol. The Morgan fingerprint density at radius 3 is 1.89 bits per heavy atom. The van der Waals surface area contributed by atoms with Crippen LogP contribution in [0.3, 0.4) is 0 Å². The van der Waals surface area contributed by atoms with E-state index in [2.05, 4.69) is 16.2 Å². The first-order valence-electron chi connectivity index (χ1n) is 4.06. The standard InChI is InChI=1S/C6H13P.C2H6/c1-5-3-2-4-6(5)7;1-2/h5-6H,2-4,7H2,1H3;1-2H3. The van der Waals surface area contributed by atoms with E-state index in [1.165, 1.54) is 19.3 Å². The summed E-state index contributed by atoms with van der Waals surface area (Å²) in [5.41, 5.74) is 0.931. The molecule has 0 N–H and O–H groups in total. The van der Waals surface area contributed by atoms with E-state index in [-0.39, 0.29) is 0 Å². The molecule has 1 rings (SSSR count). The maximum absolute atomic E-state index is 2.91. The van der Waals surface area contributed by atoms with Gasteiger partial charge in [0.25, 0.3) is 0 Å². The summed E-state index contributed by atoms with van der Waals surface area (Å²) in [6.07, 6.45) is 4.34. The minimum absolute atomic E-state index is 0.931. The quantitative estimate of drug-likeness (QED) is 0.461. The van der Waals surface area contributed by atoms with Gasteiger partial charge in [-0.25, -0.2) is 0 Å². The third kappa shape index (κ3) is 3.20. The van der Waals surface area contributed by atoms with Gasteiger partial charge in [0, 0.05) is 0 Å². The third-order valence-corrected chi connectivity index (χ3v) is 2.92. The van der Waals surface area contributed by atoms with Crippen LogP contribution in [0.5, 0.6) is 0 Å². The van der Waals surface area contributed by atoms with Gasteiger partial charge in [-0.05, 0) is 18.0 Å². The van der Waals surface area contributed by atoms with E-state index >= 15 is 0 Å². The van der Waals surface area contributed by atoms with Gasteiger partial charge in [-0.3, -0.25) is 0 Å². The van der Waals surface area contributed by atoms with Crippen molar-refractivity contribution in [3.05, 3.63) is 0 Å². The van der Waals surface area contributed by atoms with Gasteiger partial charge in [-0.1, -0.05) is 33.6 Å². The maximum atomic E-state index is 2.91. The Balaban J connectivity index is 0.000000291. The highest BCUT2D eigenvalue weighted by Crippen LogP contribution is 2.30. The molecule has 0 heterocycles. The average Bonchev–Trinajstić information content (AvgIpc) is 2.23. The van der Waals surface area contributed by atoms with Crippen LogP contribution in [0, 0.1) is 5.92 Å². The molecule has 0 aromatic heterocycles. The van der Waals surface area contributed by atoms with Crippen molar-refractivity contribution in [2.24, 2.45) is 5.92 Å². The molecule has 0 nitrogen and oxygen atoms in total. The van der Waals surface area contributed by atoms with Crippen molar-refractivity contribution in [1.29, 1.82) is 0 Å². The lowest BCUT2D eigenvalue weighted by Crippen LogP contribution is -1.98. The lowest BCUT2D eigenvalue weighted by atomic mass is 10.1. The maximum Gasteiger partial charge on any atom is -0.0238 e. The lowest BCUT2D eigenvalue weighted by molar-refractivity contribution is 0.624. The van der Waals surface area contributed by atoms with Crippen molar-refractivity contribution in [3.8, 4) is 0 Å². The molecule has 0 amide bonds. The highest BCUT2D eigenvalue weighted by molar-refractivity contribution is 7.17. The number of hydrogen-bond donors (Lipinski definition) is 0. The van der Waals surface area contributed by atoms with Gasteiger partial charge >= 0.3 is 0 Å². The minimum Gasteiger partial charge on any atom is -0.134 e. The number of rotatable bonds is 0. The zero-order valence-corrected chi connectivity index (χ0v) is 8.01. The second kappa shape index (κ2) is 5.23. The normalized spacial score (nSPS) is 33.3. The second-order valence-corrected chi connectivity index (χ2v) is 3.43. The van der Waals surface area contributed by atoms with Crippen LogP contribution in [0.4, 0.5) is 0 Å². The molecule has 0 aliphatic heterocycles. The Kier molecular flexibility index (Phi) is 5.48. The van der Waals surface area contributed by atoms with Gasteiger partial charge in [0.15, 0.2) is 0 Å². The van der Waals surface area contributed by atoms with Crippen LogP contribution in [0.1, 0.15) is 40.0 Å². The van der Waals surface area contributed by atoms with Crippen molar-refractivity contribution < 1.29 is 0 Å². The van der Waals surface area contributed by atoms with E-state index in [1.54, 1.807) is 0 Å². The number of hydrogen-bond acceptors (Lipinski definition) is 0. The van der Waals surface area contributed by atoms with Crippen LogP contribution >= 0.6 is 9.24 Å². The summed E-state index contributed by atoms with van der Waals surface area (Å²) in [5.74, 6) is 0.977. The smallest absolute Gasteiger partial charge is 0.0238 e. The summed E-state index contributed by atoms with van der Waals surface area (Å²) in [6, 6.07) is 0. The van der Waals surface area contributed by atoms with E-state index in [1.807, 2.05) is 13.8 Å². The SMILES string of the molecule is CC.CC1CCCC1P. The fraction of sp³-hybridized carbons (Fsp3) is 1.00. The molecule has 0 spiro atoms. The molecule has 1 fully saturated rings. The molecule has 0 aromatic carbocycles. The molecule has 0 bridgehead atoms. The van der Waals surface area contributed by atoms with Crippen LogP contribution in [-0.2, 0) is 0 Å². The molecule has 56 valence electrons. The van der Waals surface area contributed by atoms with E-state index in [9.17, 15) is 0 Å². The van der Waals surface area contributed by atoms with E-state index in [4.69, 9.17) is 0 Å². The molecule has 0 saturated heterocycles. The van der Waals surface area contributed by atoms with E-state index in [0.29, 0.717) is 0 Å². The first-order valence-corrected chi connectivity index (χ1v) is 4.73. The highest BCUT2D eigenvalue weighted by atomic mass is 31.0. The van der Waals surface area contributed by atoms with Gasteiger partial charge in [0.2, 0.25) is 0 Å². The topological polar surface area (TPSA) is 0 Å². The zero-order valence-electron chi connectivity index (χ0n) is 6.85. The molecule has 1 heteroatoms. The molecule has 9 heavy (non-hydrogen) atoms. The molecule has 0 radical (unpaired) electrons. The Labute approximate surface area is 61.6 Å². The van der Waals surface area contributed by atoms with E-state index in [0.717, 1.165) is 11.6 Å². The summed E-state index contributed by atoms with van der Waals surface area (Å²) in [6.45, 7) is 6.34. The van der Waals surface area contributed by atoms with Crippen LogP contribution < -0.4 is 0 Å². The summed E-state index contributed by atoms with van der Waals surface area (Å²) in [5, 5.41) is 0. The predicted octanol–water partition coefficient (Wildman–Crippen LogP) is 3.08. The Bertz CT molecular complexity index is 53.6. The summed E-state index contributed by atoms with van der Waals surface area (Å²) in [4.78, 5) is 0. The molecular weight excluding hydrogens is 127 g/mol. The summed E-state index contributed by atoms with van der Waals surface area (Å²) >= 11 is 0. The molecule has 1 aliphatic carbocycles.